The van der Waals surface area contributed by atoms with Crippen LogP contribution in [0.5, 0.6) is 0 Å². The van der Waals surface area contributed by atoms with Gasteiger partial charge in [-0.3, -0.25) is 4.79 Å². The van der Waals surface area contributed by atoms with Crippen molar-refractivity contribution in [2.75, 3.05) is 12.3 Å². The number of halogens is 1. The summed E-state index contributed by atoms with van der Waals surface area (Å²) < 4.78 is 1.10. The van der Waals surface area contributed by atoms with E-state index in [1.54, 1.807) is 0 Å². The average Bonchev–Trinajstić information content (AvgIpc) is 2.31. The maximum absolute atomic E-state index is 11.0. The maximum atomic E-state index is 11.0. The molecule has 1 aromatic carbocycles. The van der Waals surface area contributed by atoms with Crippen LogP contribution in [0.3, 0.4) is 0 Å². The van der Waals surface area contributed by atoms with Crippen LogP contribution in [0.25, 0.3) is 0 Å². The molecule has 4 heteroatoms. The normalized spacial score (nSPS) is 10.1. The molecule has 0 aliphatic carbocycles. The highest BCUT2D eigenvalue weighted by Crippen LogP contribution is 2.20. The Bertz CT molecular complexity index is 326. The van der Waals surface area contributed by atoms with E-state index >= 15 is 0 Å². The number of thioether (sulfide) groups is 1. The number of nitrogens with one attached hydrogen (secondary N) is 1. The summed E-state index contributed by atoms with van der Waals surface area (Å²) in [6.07, 6.45) is 1.58. The van der Waals surface area contributed by atoms with Crippen molar-refractivity contribution < 1.29 is 4.79 Å². The van der Waals surface area contributed by atoms with Gasteiger partial charge in [-0.1, -0.05) is 22.9 Å². The highest BCUT2D eigenvalue weighted by molar-refractivity contribution is 9.10. The van der Waals surface area contributed by atoms with E-state index in [1.807, 2.05) is 30.8 Å². The molecule has 1 N–H and O–H groups in total. The van der Waals surface area contributed by atoms with Crippen LogP contribution in [0.1, 0.15) is 19.8 Å². The Balaban J connectivity index is 2.11. The molecular formula is C12H16BrNOS. The molecule has 2 nitrogen and oxygen atoms in total. The van der Waals surface area contributed by atoms with Gasteiger partial charge in [-0.25, -0.2) is 0 Å². The maximum Gasteiger partial charge on any atom is 0.219 e. The number of hydrogen-bond donors (Lipinski definition) is 1. The van der Waals surface area contributed by atoms with Crippen LogP contribution in [0, 0.1) is 0 Å². The van der Waals surface area contributed by atoms with Crippen LogP contribution >= 0.6 is 27.7 Å². The second kappa shape index (κ2) is 7.74. The Kier molecular flexibility index (Phi) is 6.57. The van der Waals surface area contributed by atoms with Crippen molar-refractivity contribution >= 4 is 33.6 Å². The molecule has 16 heavy (non-hydrogen) atoms. The van der Waals surface area contributed by atoms with Crippen molar-refractivity contribution in [2.24, 2.45) is 0 Å². The number of carbonyl (C=O) groups excluding carboxylic acids is 1. The van der Waals surface area contributed by atoms with Gasteiger partial charge in [0.2, 0.25) is 5.91 Å². The Hall–Kier alpha value is -0.480. The van der Waals surface area contributed by atoms with Gasteiger partial charge in [-0.2, -0.15) is 0 Å². The molecule has 0 heterocycles. The van der Waals surface area contributed by atoms with Crippen LogP contribution in [0.2, 0.25) is 0 Å². The van der Waals surface area contributed by atoms with Gasteiger partial charge in [-0.05, 0) is 36.4 Å². The standard InChI is InChI=1S/C12H16BrNOS/c1-2-12(15)14-8-3-9-16-11-6-4-10(13)5-7-11/h4-7H,2-3,8-9H2,1H3,(H,14,15). The first kappa shape index (κ1) is 13.6. The highest BCUT2D eigenvalue weighted by Gasteiger charge is 1.96. The molecule has 0 spiro atoms. The van der Waals surface area contributed by atoms with Crippen molar-refractivity contribution in [1.29, 1.82) is 0 Å². The van der Waals surface area contributed by atoms with Crippen LogP contribution in [0.15, 0.2) is 33.6 Å². The SMILES string of the molecule is CCC(=O)NCCCSc1ccc(Br)cc1. The molecule has 0 saturated carbocycles. The van der Waals surface area contributed by atoms with Crippen molar-refractivity contribution in [2.45, 2.75) is 24.7 Å². The predicted octanol–water partition coefficient (Wildman–Crippen LogP) is 3.46. The van der Waals surface area contributed by atoms with Gasteiger partial charge in [0.05, 0.1) is 0 Å². The van der Waals surface area contributed by atoms with E-state index in [4.69, 9.17) is 0 Å². The molecule has 0 atom stereocenters. The predicted molar refractivity (Wildman–Crippen MR) is 72.8 cm³/mol. The lowest BCUT2D eigenvalue weighted by atomic mass is 10.4. The van der Waals surface area contributed by atoms with E-state index in [0.717, 1.165) is 23.2 Å². The van der Waals surface area contributed by atoms with Crippen LogP contribution in [-0.2, 0) is 4.79 Å². The Morgan fingerprint density at radius 2 is 2.06 bits per heavy atom. The van der Waals surface area contributed by atoms with Gasteiger partial charge in [0.15, 0.2) is 0 Å². The van der Waals surface area contributed by atoms with Crippen LogP contribution < -0.4 is 5.32 Å². The lowest BCUT2D eigenvalue weighted by Gasteiger charge is -2.03. The molecule has 88 valence electrons. The van der Waals surface area contributed by atoms with E-state index in [1.165, 1.54) is 4.90 Å². The number of hydrogen-bond acceptors (Lipinski definition) is 2. The molecule has 1 rings (SSSR count). The van der Waals surface area contributed by atoms with E-state index in [-0.39, 0.29) is 5.91 Å². The van der Waals surface area contributed by atoms with E-state index < -0.39 is 0 Å². The van der Waals surface area contributed by atoms with Crippen LogP contribution in [-0.4, -0.2) is 18.2 Å². The van der Waals surface area contributed by atoms with Gasteiger partial charge >= 0.3 is 0 Å². The van der Waals surface area contributed by atoms with Crippen molar-refractivity contribution in [3.63, 3.8) is 0 Å². The molecular weight excluding hydrogens is 286 g/mol. The highest BCUT2D eigenvalue weighted by atomic mass is 79.9. The third kappa shape index (κ3) is 5.56. The summed E-state index contributed by atoms with van der Waals surface area (Å²) in [7, 11) is 0. The zero-order valence-electron chi connectivity index (χ0n) is 9.33. The smallest absolute Gasteiger partial charge is 0.219 e. The lowest BCUT2D eigenvalue weighted by molar-refractivity contribution is -0.120. The fraction of sp³-hybridized carbons (Fsp3) is 0.417. The summed E-state index contributed by atoms with van der Waals surface area (Å²) in [6, 6.07) is 8.28. The minimum Gasteiger partial charge on any atom is -0.356 e. The van der Waals surface area contributed by atoms with Crippen molar-refractivity contribution in [1.82, 2.24) is 5.32 Å². The average molecular weight is 302 g/mol. The van der Waals surface area contributed by atoms with Gasteiger partial charge in [0, 0.05) is 22.3 Å². The largest absolute Gasteiger partial charge is 0.356 e. The summed E-state index contributed by atoms with van der Waals surface area (Å²) in [5.74, 6) is 1.17. The fourth-order valence-electron chi connectivity index (χ4n) is 1.15. The molecule has 0 aliphatic rings. The zero-order chi connectivity index (χ0) is 11.8. The molecule has 0 unspecified atom stereocenters. The summed E-state index contributed by atoms with van der Waals surface area (Å²) in [6.45, 7) is 2.64. The van der Waals surface area contributed by atoms with E-state index in [9.17, 15) is 4.79 Å². The molecule has 0 aliphatic heterocycles. The molecule has 0 fully saturated rings. The van der Waals surface area contributed by atoms with Gasteiger partial charge in [0.25, 0.3) is 0 Å². The molecule has 0 aromatic heterocycles. The number of benzene rings is 1. The number of amides is 1. The summed E-state index contributed by atoms with van der Waals surface area (Å²) in [5, 5.41) is 2.87. The summed E-state index contributed by atoms with van der Waals surface area (Å²) in [5.41, 5.74) is 0. The first-order valence-electron chi connectivity index (χ1n) is 5.37. The minimum absolute atomic E-state index is 0.133. The Labute approximate surface area is 109 Å². The third-order valence-electron chi connectivity index (χ3n) is 2.05. The lowest BCUT2D eigenvalue weighted by Crippen LogP contribution is -2.23. The van der Waals surface area contributed by atoms with Crippen LogP contribution in [0.4, 0.5) is 0 Å². The van der Waals surface area contributed by atoms with E-state index in [2.05, 4.69) is 33.4 Å². The molecule has 1 amide bonds. The molecule has 0 radical (unpaired) electrons. The molecule has 0 bridgehead atoms. The monoisotopic (exact) mass is 301 g/mol. The zero-order valence-corrected chi connectivity index (χ0v) is 11.7. The Morgan fingerprint density at radius 1 is 1.38 bits per heavy atom. The quantitative estimate of drug-likeness (QED) is 0.644. The number of carbonyl (C=O) groups is 1. The number of rotatable bonds is 6. The van der Waals surface area contributed by atoms with E-state index in [0.29, 0.717) is 6.42 Å². The fourth-order valence-corrected chi connectivity index (χ4v) is 2.26. The first-order valence-corrected chi connectivity index (χ1v) is 7.15. The minimum atomic E-state index is 0.133. The topological polar surface area (TPSA) is 29.1 Å². The Morgan fingerprint density at radius 3 is 2.69 bits per heavy atom. The molecule has 0 saturated heterocycles. The molecule has 1 aromatic rings. The van der Waals surface area contributed by atoms with Gasteiger partial charge in [0.1, 0.15) is 0 Å². The summed E-state index contributed by atoms with van der Waals surface area (Å²) >= 11 is 5.22. The second-order valence-corrected chi connectivity index (χ2v) is 5.44. The third-order valence-corrected chi connectivity index (χ3v) is 3.67. The van der Waals surface area contributed by atoms with Crippen molar-refractivity contribution in [3.8, 4) is 0 Å². The second-order valence-electron chi connectivity index (χ2n) is 3.36. The van der Waals surface area contributed by atoms with Gasteiger partial charge < -0.3 is 5.32 Å². The summed E-state index contributed by atoms with van der Waals surface area (Å²) in [4.78, 5) is 12.2. The van der Waals surface area contributed by atoms with Crippen molar-refractivity contribution in [3.05, 3.63) is 28.7 Å². The van der Waals surface area contributed by atoms with Gasteiger partial charge in [-0.15, -0.1) is 11.8 Å². The first-order chi connectivity index (χ1) is 7.72.